The molecule has 30 heavy (non-hydrogen) atoms. The molecule has 0 aliphatic carbocycles. The van der Waals surface area contributed by atoms with Crippen molar-refractivity contribution in [2.45, 2.75) is 73.6 Å². The number of hydrogen-bond donors (Lipinski definition) is 0. The molecule has 0 N–H and O–H groups in total. The summed E-state index contributed by atoms with van der Waals surface area (Å²) in [6.45, 7) is 14.3. The Bertz CT molecular complexity index is 680. The second-order valence-corrected chi connectivity index (χ2v) is 9.26. The molecule has 0 heterocycles. The molecule has 1 aromatic rings. The summed E-state index contributed by atoms with van der Waals surface area (Å²) >= 11 is 11.3. The smallest absolute Gasteiger partial charge is 0.125 e. The molecule has 0 atom stereocenters. The molecular weight excluding hydrogens is 421 g/mol. The molecule has 0 aliphatic rings. The Hall–Kier alpha value is -1.39. The Morgan fingerprint density at radius 1 is 0.967 bits per heavy atom. The van der Waals surface area contributed by atoms with Crippen molar-refractivity contribution in [3.05, 3.63) is 33.8 Å². The van der Waals surface area contributed by atoms with Crippen LogP contribution in [0.1, 0.15) is 71.9 Å². The molecule has 1 aromatic carbocycles. The lowest BCUT2D eigenvalue weighted by atomic mass is 9.91. The first kappa shape index (κ1) is 26.6. The molecule has 170 valence electrons. The quantitative estimate of drug-likeness (QED) is 0.175. The third-order valence-electron chi connectivity index (χ3n) is 4.88. The molecule has 0 aromatic heterocycles. The summed E-state index contributed by atoms with van der Waals surface area (Å²) in [5, 5.41) is 4.20. The number of hydrogen-bond acceptors (Lipinski definition) is 4. The van der Waals surface area contributed by atoms with E-state index in [9.17, 15) is 0 Å². The van der Waals surface area contributed by atoms with Crippen molar-refractivity contribution in [1.82, 2.24) is 0 Å². The molecule has 0 amide bonds. The fourth-order valence-electron chi connectivity index (χ4n) is 2.62. The van der Waals surface area contributed by atoms with E-state index in [1.54, 1.807) is 6.08 Å². The normalized spacial score (nSPS) is 11.9. The number of aryl methyl sites for hydroxylation is 2. The predicted molar refractivity (Wildman–Crippen MR) is 128 cm³/mol. The molecule has 0 radical (unpaired) electrons. The van der Waals surface area contributed by atoms with Crippen LogP contribution < -0.4 is 9.47 Å². The molecule has 0 aliphatic heterocycles. The van der Waals surface area contributed by atoms with E-state index in [0.717, 1.165) is 60.4 Å². The Labute approximate surface area is 192 Å². The van der Waals surface area contributed by atoms with E-state index >= 15 is 0 Å². The molecule has 0 spiro atoms. The van der Waals surface area contributed by atoms with Crippen molar-refractivity contribution < 1.29 is 14.3 Å². The summed E-state index contributed by atoms with van der Waals surface area (Å²) in [7, 11) is 0. The number of nitrogens with zero attached hydrogens (tertiary/aromatic N) is 1. The average molecular weight is 458 g/mol. The maximum absolute atomic E-state index is 6.16. The minimum Gasteiger partial charge on any atom is -0.493 e. The average Bonchev–Trinajstić information content (AvgIpc) is 2.68. The fraction of sp³-hybridized carbons (Fsp3) is 0.625. The molecule has 0 fully saturated rings. The lowest BCUT2D eigenvalue weighted by Gasteiger charge is -2.17. The zero-order valence-electron chi connectivity index (χ0n) is 19.3. The van der Waals surface area contributed by atoms with Gasteiger partial charge in [-0.15, -0.1) is 0 Å². The number of unbranched alkanes of at least 4 members (excludes halogenated alkanes) is 2. The van der Waals surface area contributed by atoms with Gasteiger partial charge < -0.3 is 14.3 Å². The van der Waals surface area contributed by atoms with Gasteiger partial charge >= 0.3 is 0 Å². The lowest BCUT2D eigenvalue weighted by molar-refractivity contribution is 0.135. The third-order valence-corrected chi connectivity index (χ3v) is 5.19. The first-order chi connectivity index (χ1) is 14.2. The van der Waals surface area contributed by atoms with E-state index in [0.29, 0.717) is 19.8 Å². The maximum Gasteiger partial charge on any atom is 0.125 e. The van der Waals surface area contributed by atoms with Gasteiger partial charge in [0.05, 0.1) is 12.3 Å². The highest BCUT2D eigenvalue weighted by Gasteiger charge is 2.14. The molecule has 0 unspecified atom stereocenters. The van der Waals surface area contributed by atoms with Gasteiger partial charge in [-0.1, -0.05) is 63.0 Å². The topological polar surface area (TPSA) is 40.0 Å². The Balaban J connectivity index is 2.50. The standard InChI is InChI=1S/C24H37Cl2NO3/c1-7-19-16-21(28-15-12-22(25)26)17-20(8-2)23(19)29-13-10-9-11-14-30-27-18(3)24(4,5)6/h12,16-17H,7-11,13-15H2,1-6H3. The summed E-state index contributed by atoms with van der Waals surface area (Å²) in [6.07, 6.45) is 6.38. The van der Waals surface area contributed by atoms with Crippen LogP contribution in [0.15, 0.2) is 27.9 Å². The van der Waals surface area contributed by atoms with Gasteiger partial charge in [-0.05, 0) is 68.4 Å². The number of halogens is 2. The molecule has 6 heteroatoms. The van der Waals surface area contributed by atoms with Crippen molar-refractivity contribution in [2.24, 2.45) is 10.6 Å². The number of rotatable bonds is 13. The molecule has 0 bridgehead atoms. The first-order valence-corrected chi connectivity index (χ1v) is 11.5. The summed E-state index contributed by atoms with van der Waals surface area (Å²) in [5.74, 6) is 1.80. The highest BCUT2D eigenvalue weighted by atomic mass is 35.5. The number of benzene rings is 1. The van der Waals surface area contributed by atoms with E-state index in [4.69, 9.17) is 37.5 Å². The van der Waals surface area contributed by atoms with Gasteiger partial charge in [-0.3, -0.25) is 0 Å². The predicted octanol–water partition coefficient (Wildman–Crippen LogP) is 7.50. The SMILES string of the molecule is CCc1cc(OCC=C(Cl)Cl)cc(CC)c1OCCCCCON=C(C)C(C)(C)C. The fourth-order valence-corrected chi connectivity index (χ4v) is 2.74. The Morgan fingerprint density at radius 2 is 1.57 bits per heavy atom. The van der Waals surface area contributed by atoms with Gasteiger partial charge in [-0.2, -0.15) is 0 Å². The maximum atomic E-state index is 6.16. The highest BCUT2D eigenvalue weighted by Crippen LogP contribution is 2.31. The van der Waals surface area contributed by atoms with Gasteiger partial charge in [0, 0.05) is 5.41 Å². The van der Waals surface area contributed by atoms with Crippen LogP contribution in [0.3, 0.4) is 0 Å². The van der Waals surface area contributed by atoms with E-state index in [2.05, 4.69) is 39.8 Å². The number of oxime groups is 1. The van der Waals surface area contributed by atoms with E-state index in [1.165, 1.54) is 0 Å². The zero-order valence-corrected chi connectivity index (χ0v) is 20.8. The van der Waals surface area contributed by atoms with Crippen LogP contribution in [-0.2, 0) is 17.7 Å². The summed E-state index contributed by atoms with van der Waals surface area (Å²) in [5.41, 5.74) is 3.37. The van der Waals surface area contributed by atoms with Gasteiger partial charge in [0.1, 0.15) is 29.2 Å². The minimum atomic E-state index is 0.0518. The van der Waals surface area contributed by atoms with Crippen molar-refractivity contribution in [2.75, 3.05) is 19.8 Å². The van der Waals surface area contributed by atoms with E-state index < -0.39 is 0 Å². The van der Waals surface area contributed by atoms with Gasteiger partial charge in [0.25, 0.3) is 0 Å². The molecule has 4 nitrogen and oxygen atoms in total. The van der Waals surface area contributed by atoms with Gasteiger partial charge in [0.2, 0.25) is 0 Å². The summed E-state index contributed by atoms with van der Waals surface area (Å²) in [6, 6.07) is 4.07. The van der Waals surface area contributed by atoms with E-state index in [1.807, 2.05) is 19.1 Å². The van der Waals surface area contributed by atoms with Crippen LogP contribution in [0, 0.1) is 5.41 Å². The van der Waals surface area contributed by atoms with Crippen LogP contribution in [0.4, 0.5) is 0 Å². The minimum absolute atomic E-state index is 0.0518. The number of ether oxygens (including phenoxy) is 2. The van der Waals surface area contributed by atoms with Crippen LogP contribution in [-0.4, -0.2) is 25.5 Å². The molecule has 0 saturated heterocycles. The van der Waals surface area contributed by atoms with Crippen molar-refractivity contribution in [3.8, 4) is 11.5 Å². The highest BCUT2D eigenvalue weighted by molar-refractivity contribution is 6.55. The summed E-state index contributed by atoms with van der Waals surface area (Å²) in [4.78, 5) is 5.43. The lowest BCUT2D eigenvalue weighted by Crippen LogP contribution is -2.17. The second-order valence-electron chi connectivity index (χ2n) is 8.25. The van der Waals surface area contributed by atoms with Crippen LogP contribution >= 0.6 is 23.2 Å². The monoisotopic (exact) mass is 457 g/mol. The zero-order chi connectivity index (χ0) is 22.6. The molecule has 0 saturated carbocycles. The first-order valence-electron chi connectivity index (χ1n) is 10.8. The van der Waals surface area contributed by atoms with Crippen molar-refractivity contribution in [1.29, 1.82) is 0 Å². The third kappa shape index (κ3) is 10.1. The Kier molecular flexibility index (Phi) is 12.3. The van der Waals surface area contributed by atoms with Crippen LogP contribution in [0.2, 0.25) is 0 Å². The summed E-state index contributed by atoms with van der Waals surface area (Å²) < 4.78 is 12.1. The Morgan fingerprint density at radius 3 is 2.10 bits per heavy atom. The van der Waals surface area contributed by atoms with Crippen LogP contribution in [0.5, 0.6) is 11.5 Å². The molecule has 1 rings (SSSR count). The largest absolute Gasteiger partial charge is 0.493 e. The van der Waals surface area contributed by atoms with Gasteiger partial charge in [0.15, 0.2) is 0 Å². The van der Waals surface area contributed by atoms with Crippen molar-refractivity contribution >= 4 is 28.9 Å². The second kappa shape index (κ2) is 13.8. The molecular formula is C24H37Cl2NO3. The van der Waals surface area contributed by atoms with E-state index in [-0.39, 0.29) is 9.91 Å². The van der Waals surface area contributed by atoms with Crippen LogP contribution in [0.25, 0.3) is 0 Å². The van der Waals surface area contributed by atoms with Crippen molar-refractivity contribution in [3.63, 3.8) is 0 Å². The van der Waals surface area contributed by atoms with Gasteiger partial charge in [-0.25, -0.2) is 0 Å².